The zero-order chi connectivity index (χ0) is 27.4. The lowest BCUT2D eigenvalue weighted by Gasteiger charge is -2.58. The van der Waals surface area contributed by atoms with E-state index in [4.69, 9.17) is 0 Å². The molecule has 208 valence electrons. The van der Waals surface area contributed by atoms with Crippen LogP contribution in [0, 0.1) is 5.41 Å². The van der Waals surface area contributed by atoms with Gasteiger partial charge in [-0.05, 0) is 37.6 Å². The van der Waals surface area contributed by atoms with Crippen molar-refractivity contribution in [3.8, 4) is 0 Å². The molecule has 3 amide bonds. The zero-order valence-electron chi connectivity index (χ0n) is 21.5. The number of likely N-dealkylation sites (N-methyl/N-ethyl adjacent to an activating group) is 1. The SMILES string of the molecule is CN1CCN(Cc2ccc(NC(=O)NC3CC4(C3)CN(C(=O)c3cnn5ccsc35)C4)cc2C(F)(F)F)CC1. The Morgan fingerprint density at radius 3 is 2.62 bits per heavy atom. The third-order valence-electron chi connectivity index (χ3n) is 8.06. The van der Waals surface area contributed by atoms with Crippen molar-refractivity contribution in [2.24, 2.45) is 5.41 Å². The summed E-state index contributed by atoms with van der Waals surface area (Å²) < 4.78 is 43.2. The molecule has 1 aromatic carbocycles. The predicted octanol–water partition coefficient (Wildman–Crippen LogP) is 3.59. The minimum absolute atomic E-state index is 0.0102. The fraction of sp³-hybridized carbons (Fsp3) is 0.500. The Balaban J connectivity index is 1.00. The molecule has 13 heteroatoms. The first-order valence-corrected chi connectivity index (χ1v) is 13.9. The van der Waals surface area contributed by atoms with E-state index in [0.717, 1.165) is 36.8 Å². The van der Waals surface area contributed by atoms with E-state index in [1.807, 2.05) is 23.5 Å². The third-order valence-corrected chi connectivity index (χ3v) is 8.95. The summed E-state index contributed by atoms with van der Waals surface area (Å²) in [4.78, 5) is 32.2. The second kappa shape index (κ2) is 9.79. The van der Waals surface area contributed by atoms with Crippen LogP contribution in [0.25, 0.3) is 4.83 Å². The quantitative estimate of drug-likeness (QED) is 0.498. The molecule has 0 atom stereocenters. The van der Waals surface area contributed by atoms with Gasteiger partial charge in [0.25, 0.3) is 5.91 Å². The number of benzene rings is 1. The number of amides is 3. The van der Waals surface area contributed by atoms with Gasteiger partial charge >= 0.3 is 12.2 Å². The van der Waals surface area contributed by atoms with Crippen molar-refractivity contribution < 1.29 is 22.8 Å². The second-order valence-electron chi connectivity index (χ2n) is 11.0. The molecular formula is C26H30F3N7O2S. The van der Waals surface area contributed by atoms with E-state index in [9.17, 15) is 22.8 Å². The van der Waals surface area contributed by atoms with Crippen molar-refractivity contribution in [2.75, 3.05) is 51.6 Å². The number of aromatic nitrogens is 2. The van der Waals surface area contributed by atoms with Gasteiger partial charge in [-0.2, -0.15) is 18.3 Å². The Morgan fingerprint density at radius 2 is 1.90 bits per heavy atom. The molecule has 2 aliphatic heterocycles. The van der Waals surface area contributed by atoms with Crippen molar-refractivity contribution in [1.82, 2.24) is 29.6 Å². The lowest BCUT2D eigenvalue weighted by molar-refractivity contribution is -0.138. The number of carbonyl (C=O) groups excluding carboxylic acids is 2. The topological polar surface area (TPSA) is 85.2 Å². The highest BCUT2D eigenvalue weighted by atomic mass is 32.1. The normalized spacial score (nSPS) is 20.2. The molecule has 3 fully saturated rings. The van der Waals surface area contributed by atoms with Gasteiger partial charge in [0.15, 0.2) is 0 Å². The fourth-order valence-electron chi connectivity index (χ4n) is 5.95. The molecule has 9 nitrogen and oxygen atoms in total. The van der Waals surface area contributed by atoms with Crippen LogP contribution >= 0.6 is 11.3 Å². The van der Waals surface area contributed by atoms with Gasteiger partial charge in [-0.1, -0.05) is 6.07 Å². The molecule has 2 N–H and O–H groups in total. The maximum atomic E-state index is 13.8. The van der Waals surface area contributed by atoms with Gasteiger partial charge in [-0.3, -0.25) is 9.69 Å². The van der Waals surface area contributed by atoms with E-state index >= 15 is 0 Å². The Morgan fingerprint density at radius 1 is 1.15 bits per heavy atom. The number of halogens is 3. The maximum Gasteiger partial charge on any atom is 0.416 e. The number of carbonyl (C=O) groups is 2. The first-order chi connectivity index (χ1) is 18.6. The molecule has 6 rings (SSSR count). The number of anilines is 1. The molecular weight excluding hydrogens is 531 g/mol. The average molecular weight is 562 g/mol. The van der Waals surface area contributed by atoms with Crippen LogP contribution in [0.1, 0.15) is 34.3 Å². The molecule has 1 spiro atoms. The van der Waals surface area contributed by atoms with Crippen molar-refractivity contribution in [3.63, 3.8) is 0 Å². The highest BCUT2D eigenvalue weighted by Crippen LogP contribution is 2.49. The van der Waals surface area contributed by atoms with Crippen LogP contribution in [0.3, 0.4) is 0 Å². The number of fused-ring (bicyclic) bond motifs is 1. The van der Waals surface area contributed by atoms with Gasteiger partial charge in [0.2, 0.25) is 0 Å². The van der Waals surface area contributed by atoms with E-state index in [1.165, 1.54) is 23.5 Å². The summed E-state index contributed by atoms with van der Waals surface area (Å²) in [5.74, 6) is -0.0382. The number of alkyl halides is 3. The Kier molecular flexibility index (Phi) is 6.55. The number of rotatable bonds is 5. The molecule has 1 aliphatic carbocycles. The number of likely N-dealkylation sites (tertiary alicyclic amines) is 1. The Labute approximate surface area is 227 Å². The number of hydrogen-bond donors (Lipinski definition) is 2. The highest BCUT2D eigenvalue weighted by Gasteiger charge is 2.54. The standard InChI is InChI=1S/C26H30F3N7O2S/c1-33-4-6-34(7-5-33)14-17-2-3-18(10-21(17)26(27,28)29)31-24(38)32-19-11-25(12-19)15-35(16-25)22(37)20-13-30-36-8-9-39-23(20)36/h2-3,8-10,13,19H,4-7,11-12,14-16H2,1H3,(H2,31,32,38). The van der Waals surface area contributed by atoms with Crippen molar-refractivity contribution >= 4 is 33.8 Å². The average Bonchev–Trinajstić information content (AvgIpc) is 3.45. The van der Waals surface area contributed by atoms with Gasteiger partial charge in [0.05, 0.1) is 17.3 Å². The van der Waals surface area contributed by atoms with Crippen LogP contribution in [0.15, 0.2) is 36.0 Å². The summed E-state index contributed by atoms with van der Waals surface area (Å²) in [5.41, 5.74) is 0.181. The molecule has 0 radical (unpaired) electrons. The van der Waals surface area contributed by atoms with Crippen LogP contribution in [-0.2, 0) is 12.7 Å². The van der Waals surface area contributed by atoms with Crippen LogP contribution in [0.4, 0.5) is 23.7 Å². The lowest BCUT2D eigenvalue weighted by atomic mass is 9.60. The van der Waals surface area contributed by atoms with Gasteiger partial charge in [0.1, 0.15) is 4.83 Å². The fourth-order valence-corrected chi connectivity index (χ4v) is 6.74. The predicted molar refractivity (Wildman–Crippen MR) is 141 cm³/mol. The zero-order valence-corrected chi connectivity index (χ0v) is 22.3. The summed E-state index contributed by atoms with van der Waals surface area (Å²) >= 11 is 1.47. The minimum atomic E-state index is -4.52. The smallest absolute Gasteiger partial charge is 0.337 e. The van der Waals surface area contributed by atoms with Gasteiger partial charge in [-0.25, -0.2) is 9.31 Å². The molecule has 2 aromatic heterocycles. The van der Waals surface area contributed by atoms with Gasteiger partial charge in [0, 0.05) is 74.5 Å². The van der Waals surface area contributed by atoms with Crippen molar-refractivity contribution in [3.05, 3.63) is 52.7 Å². The number of thiazole rings is 1. The monoisotopic (exact) mass is 561 g/mol. The lowest BCUT2D eigenvalue weighted by Crippen LogP contribution is -2.67. The number of piperazine rings is 1. The first-order valence-electron chi connectivity index (χ1n) is 13.0. The summed E-state index contributed by atoms with van der Waals surface area (Å²) in [6.45, 7) is 4.54. The number of hydrogen-bond acceptors (Lipinski definition) is 6. The molecule has 1 saturated carbocycles. The summed E-state index contributed by atoms with van der Waals surface area (Å²) in [6.07, 6.45) is 0.345. The highest BCUT2D eigenvalue weighted by molar-refractivity contribution is 7.15. The molecule has 0 unspecified atom stereocenters. The number of urea groups is 1. The van der Waals surface area contributed by atoms with E-state index < -0.39 is 17.8 Å². The molecule has 0 bridgehead atoms. The van der Waals surface area contributed by atoms with Crippen LogP contribution in [0.5, 0.6) is 0 Å². The summed E-state index contributed by atoms with van der Waals surface area (Å²) in [5, 5.41) is 11.5. The van der Waals surface area contributed by atoms with Gasteiger partial charge in [-0.15, -0.1) is 11.3 Å². The van der Waals surface area contributed by atoms with E-state index in [0.29, 0.717) is 31.7 Å². The molecule has 39 heavy (non-hydrogen) atoms. The first kappa shape index (κ1) is 26.1. The van der Waals surface area contributed by atoms with Crippen LogP contribution in [-0.4, -0.2) is 88.6 Å². The third kappa shape index (κ3) is 5.22. The Bertz CT molecular complexity index is 1380. The van der Waals surface area contributed by atoms with E-state index in [2.05, 4.69) is 20.6 Å². The largest absolute Gasteiger partial charge is 0.416 e. The second-order valence-corrected chi connectivity index (χ2v) is 11.9. The van der Waals surface area contributed by atoms with E-state index in [1.54, 1.807) is 15.6 Å². The molecule has 3 aromatic rings. The Hall–Kier alpha value is -3.16. The van der Waals surface area contributed by atoms with E-state index in [-0.39, 0.29) is 35.2 Å². The summed E-state index contributed by atoms with van der Waals surface area (Å²) in [6, 6.07) is 3.39. The maximum absolute atomic E-state index is 13.8. The minimum Gasteiger partial charge on any atom is -0.337 e. The summed E-state index contributed by atoms with van der Waals surface area (Å²) in [7, 11) is 2.00. The van der Waals surface area contributed by atoms with Crippen molar-refractivity contribution in [2.45, 2.75) is 31.6 Å². The number of nitrogens with one attached hydrogen (secondary N) is 2. The number of nitrogens with zero attached hydrogens (tertiary/aromatic N) is 5. The molecule has 2 saturated heterocycles. The van der Waals surface area contributed by atoms with Crippen molar-refractivity contribution in [1.29, 1.82) is 0 Å². The van der Waals surface area contributed by atoms with Crippen LogP contribution in [0.2, 0.25) is 0 Å². The molecule has 4 heterocycles. The van der Waals surface area contributed by atoms with Gasteiger partial charge < -0.3 is 20.4 Å². The molecule has 3 aliphatic rings. The van der Waals surface area contributed by atoms with Crippen LogP contribution < -0.4 is 10.6 Å².